The summed E-state index contributed by atoms with van der Waals surface area (Å²) in [6.45, 7) is 2.62. The summed E-state index contributed by atoms with van der Waals surface area (Å²) in [6.07, 6.45) is 0.202. The van der Waals surface area contributed by atoms with Gasteiger partial charge in [0.2, 0.25) is 0 Å². The van der Waals surface area contributed by atoms with E-state index in [4.69, 9.17) is 9.47 Å². The Bertz CT molecular complexity index is 1250. The fourth-order valence-corrected chi connectivity index (χ4v) is 6.31. The number of benzene rings is 4. The summed E-state index contributed by atoms with van der Waals surface area (Å²) in [7, 11) is -2.95. The molecule has 0 aliphatic rings. The van der Waals surface area contributed by atoms with Crippen LogP contribution in [0, 0.1) is 0 Å². The summed E-state index contributed by atoms with van der Waals surface area (Å²) in [5.74, 6) is 1.44. The summed E-state index contributed by atoms with van der Waals surface area (Å²) < 4.78 is 25.7. The van der Waals surface area contributed by atoms with E-state index in [0.717, 1.165) is 22.6 Å². The molecule has 3 N–H and O–H groups in total. The molecular weight excluding hydrogens is 497 g/mol. The van der Waals surface area contributed by atoms with Crippen molar-refractivity contribution in [2.24, 2.45) is 0 Å². The quantitative estimate of drug-likeness (QED) is 0.217. The average Bonchev–Trinajstić information content (AvgIpc) is 2.96. The van der Waals surface area contributed by atoms with Gasteiger partial charge in [-0.2, -0.15) is 0 Å². The molecule has 0 amide bonds. The van der Waals surface area contributed by atoms with Crippen LogP contribution >= 0.6 is 7.14 Å². The largest absolute Gasteiger partial charge is 0.508 e. The molecular formula is C31H34NO5P. The van der Waals surface area contributed by atoms with Gasteiger partial charge < -0.3 is 29.6 Å². The van der Waals surface area contributed by atoms with Gasteiger partial charge in [-0.25, -0.2) is 0 Å². The van der Waals surface area contributed by atoms with Crippen LogP contribution in [0.1, 0.15) is 12.5 Å². The van der Waals surface area contributed by atoms with E-state index >= 15 is 0 Å². The minimum absolute atomic E-state index is 0.0857. The number of phenolic OH excluding ortho intramolecular Hbond substituents is 1. The molecule has 4 aromatic carbocycles. The lowest BCUT2D eigenvalue weighted by Gasteiger charge is -2.20. The first-order valence-corrected chi connectivity index (χ1v) is 14.6. The Balaban J connectivity index is 1.27. The topological polar surface area (TPSA) is 88.0 Å². The van der Waals surface area contributed by atoms with Crippen LogP contribution in [0.25, 0.3) is 0 Å². The molecule has 198 valence electrons. The Morgan fingerprint density at radius 3 is 1.87 bits per heavy atom. The third-order valence-corrected chi connectivity index (χ3v) is 8.96. The molecule has 0 radical (unpaired) electrons. The molecule has 0 saturated heterocycles. The van der Waals surface area contributed by atoms with E-state index in [0.29, 0.717) is 18.0 Å². The molecule has 38 heavy (non-hydrogen) atoms. The Hall–Kier alpha value is -3.57. The molecule has 4 aromatic rings. The number of aromatic hydroxyl groups is 1. The number of ether oxygens (including phenoxy) is 2. The highest BCUT2D eigenvalue weighted by Crippen LogP contribution is 2.43. The Kier molecular flexibility index (Phi) is 9.61. The molecule has 6 nitrogen and oxygen atoms in total. The van der Waals surface area contributed by atoms with Crippen LogP contribution < -0.4 is 25.4 Å². The summed E-state index contributed by atoms with van der Waals surface area (Å²) >= 11 is 0. The van der Waals surface area contributed by atoms with E-state index in [2.05, 4.69) is 12.2 Å². The highest BCUT2D eigenvalue weighted by molar-refractivity contribution is 7.78. The third-order valence-electron chi connectivity index (χ3n) is 6.21. The molecule has 0 aliphatic heterocycles. The fraction of sp³-hybridized carbons (Fsp3) is 0.226. The molecule has 0 spiro atoms. The maximum atomic E-state index is 14.1. The van der Waals surface area contributed by atoms with Crippen LogP contribution in [0.5, 0.6) is 17.2 Å². The Labute approximate surface area is 224 Å². The number of nitrogens with one attached hydrogen (secondary N) is 1. The average molecular weight is 532 g/mol. The van der Waals surface area contributed by atoms with Crippen LogP contribution in [0.3, 0.4) is 0 Å². The molecule has 4 rings (SSSR count). The van der Waals surface area contributed by atoms with Crippen LogP contribution in [-0.2, 0) is 11.0 Å². The van der Waals surface area contributed by atoms with Gasteiger partial charge in [0.05, 0.1) is 0 Å². The summed E-state index contributed by atoms with van der Waals surface area (Å²) in [4.78, 5) is 0. The third kappa shape index (κ3) is 7.72. The molecule has 0 unspecified atom stereocenters. The fourth-order valence-electron chi connectivity index (χ4n) is 4.08. The molecule has 2 atom stereocenters. The molecule has 7 heteroatoms. The SMILES string of the molecule is C[C@H](Cc1ccc(OCP(=O)(c2ccccc2)c2ccccc2)cc1)NC[C@H](O)COc1ccc(O)cc1. The second-order valence-electron chi connectivity index (χ2n) is 9.30. The number of rotatable bonds is 13. The van der Waals surface area contributed by atoms with Crippen molar-refractivity contribution in [2.75, 3.05) is 19.5 Å². The number of aliphatic hydroxyl groups is 1. The Morgan fingerprint density at radius 2 is 1.29 bits per heavy atom. The predicted molar refractivity (Wildman–Crippen MR) is 152 cm³/mol. The minimum Gasteiger partial charge on any atom is -0.508 e. The van der Waals surface area contributed by atoms with Crippen molar-refractivity contribution >= 4 is 17.8 Å². The second kappa shape index (κ2) is 13.3. The van der Waals surface area contributed by atoms with E-state index in [9.17, 15) is 14.8 Å². The monoisotopic (exact) mass is 531 g/mol. The highest BCUT2D eigenvalue weighted by atomic mass is 31.2. The highest BCUT2D eigenvalue weighted by Gasteiger charge is 2.28. The van der Waals surface area contributed by atoms with Gasteiger partial charge in [0.25, 0.3) is 0 Å². The van der Waals surface area contributed by atoms with Crippen LogP contribution in [-0.4, -0.2) is 41.9 Å². The van der Waals surface area contributed by atoms with Crippen LogP contribution in [0.2, 0.25) is 0 Å². The first kappa shape index (κ1) is 27.5. The van der Waals surface area contributed by atoms with Crippen molar-refractivity contribution in [3.8, 4) is 17.2 Å². The van der Waals surface area contributed by atoms with Crippen molar-refractivity contribution in [3.05, 3.63) is 115 Å². The van der Waals surface area contributed by atoms with Gasteiger partial charge in [-0.1, -0.05) is 72.8 Å². The first-order chi connectivity index (χ1) is 18.4. The molecule has 0 bridgehead atoms. The molecule has 0 saturated carbocycles. The van der Waals surface area contributed by atoms with Gasteiger partial charge in [-0.3, -0.25) is 0 Å². The van der Waals surface area contributed by atoms with Crippen molar-refractivity contribution in [2.45, 2.75) is 25.5 Å². The zero-order chi connectivity index (χ0) is 26.8. The summed E-state index contributed by atoms with van der Waals surface area (Å²) in [5.41, 5.74) is 1.13. The van der Waals surface area contributed by atoms with E-state index in [1.165, 1.54) is 0 Å². The maximum Gasteiger partial charge on any atom is 0.178 e. The van der Waals surface area contributed by atoms with Gasteiger partial charge in [0.1, 0.15) is 36.3 Å². The number of phenols is 1. The number of hydrogen-bond donors (Lipinski definition) is 3. The van der Waals surface area contributed by atoms with Gasteiger partial charge in [0, 0.05) is 23.2 Å². The lowest BCUT2D eigenvalue weighted by molar-refractivity contribution is 0.104. The van der Waals surface area contributed by atoms with E-state index < -0.39 is 13.2 Å². The van der Waals surface area contributed by atoms with Crippen molar-refractivity contribution < 1.29 is 24.3 Å². The molecule has 0 heterocycles. The first-order valence-electron chi connectivity index (χ1n) is 12.7. The van der Waals surface area contributed by atoms with Gasteiger partial charge in [0.15, 0.2) is 7.14 Å². The second-order valence-corrected chi connectivity index (χ2v) is 12.1. The summed E-state index contributed by atoms with van der Waals surface area (Å²) in [5, 5.41) is 24.4. The number of hydrogen-bond acceptors (Lipinski definition) is 6. The van der Waals surface area contributed by atoms with Gasteiger partial charge in [-0.15, -0.1) is 0 Å². The summed E-state index contributed by atoms with van der Waals surface area (Å²) in [6, 6.07) is 33.4. The van der Waals surface area contributed by atoms with Crippen molar-refractivity contribution in [3.63, 3.8) is 0 Å². The molecule has 0 aromatic heterocycles. The standard InChI is InChI=1S/C31H34NO5P/c1-24(32-21-27(34)22-36-28-18-14-26(33)15-19-28)20-25-12-16-29(17-13-25)37-23-38(35,30-8-4-2-5-9-30)31-10-6-3-7-11-31/h2-19,24,27,32-34H,20-23H2,1H3/t24-,27+/m1/s1. The van der Waals surface area contributed by atoms with Gasteiger partial charge >= 0.3 is 0 Å². The zero-order valence-corrected chi connectivity index (χ0v) is 22.3. The van der Waals surface area contributed by atoms with Gasteiger partial charge in [-0.05, 0) is 55.3 Å². The van der Waals surface area contributed by atoms with Crippen LogP contribution in [0.15, 0.2) is 109 Å². The molecule has 0 fully saturated rings. The van der Waals surface area contributed by atoms with E-state index in [1.807, 2.05) is 84.9 Å². The lowest BCUT2D eigenvalue weighted by Crippen LogP contribution is -2.37. The zero-order valence-electron chi connectivity index (χ0n) is 21.4. The van der Waals surface area contributed by atoms with Crippen LogP contribution in [0.4, 0.5) is 0 Å². The Morgan fingerprint density at radius 1 is 0.763 bits per heavy atom. The lowest BCUT2D eigenvalue weighted by atomic mass is 10.1. The minimum atomic E-state index is -2.95. The van der Waals surface area contributed by atoms with Crippen molar-refractivity contribution in [1.29, 1.82) is 0 Å². The van der Waals surface area contributed by atoms with Crippen molar-refractivity contribution in [1.82, 2.24) is 5.32 Å². The van der Waals surface area contributed by atoms with E-state index in [-0.39, 0.29) is 24.7 Å². The normalized spacial score (nSPS) is 13.0. The maximum absolute atomic E-state index is 14.1. The predicted octanol–water partition coefficient (Wildman–Crippen LogP) is 4.70. The smallest absolute Gasteiger partial charge is 0.178 e. The number of aliphatic hydroxyl groups excluding tert-OH is 1. The molecule has 0 aliphatic carbocycles. The van der Waals surface area contributed by atoms with E-state index in [1.54, 1.807) is 24.3 Å².